The molecule has 3 amide bonds. The number of anilines is 1. The molecule has 2 aromatic carbocycles. The van der Waals surface area contributed by atoms with Crippen molar-refractivity contribution >= 4 is 40.7 Å². The molecular weight excluding hydrogens is 352 g/mol. The molecule has 0 aromatic heterocycles. The molecule has 0 aliphatic rings. The Hall–Kier alpha value is -3.26. The van der Waals surface area contributed by atoms with E-state index in [1.807, 2.05) is 19.1 Å². The van der Waals surface area contributed by atoms with Gasteiger partial charge in [-0.1, -0.05) is 17.7 Å². The number of amides is 3. The van der Waals surface area contributed by atoms with E-state index in [-0.39, 0.29) is 16.9 Å². The summed E-state index contributed by atoms with van der Waals surface area (Å²) in [5.41, 5.74) is 7.31. The maximum Gasteiger partial charge on any atom is 0.269 e. The zero-order chi connectivity index (χ0) is 19.1. The highest BCUT2D eigenvalue weighted by Crippen LogP contribution is 2.09. The van der Waals surface area contributed by atoms with Gasteiger partial charge in [0.2, 0.25) is 5.91 Å². The number of thiocarbonyl (C=S) groups is 1. The summed E-state index contributed by atoms with van der Waals surface area (Å²) in [5.74, 6) is -1.01. The lowest BCUT2D eigenvalue weighted by atomic mass is 10.1. The van der Waals surface area contributed by atoms with Gasteiger partial charge in [-0.05, 0) is 55.5 Å². The monoisotopic (exact) mass is 370 g/mol. The lowest BCUT2D eigenvalue weighted by Gasteiger charge is -2.11. The normalized spacial score (nSPS) is 9.77. The van der Waals surface area contributed by atoms with Crippen LogP contribution in [0.25, 0.3) is 0 Å². The Bertz CT molecular complexity index is 833. The Balaban J connectivity index is 1.84. The summed E-state index contributed by atoms with van der Waals surface area (Å²) in [4.78, 5) is 35.0. The summed E-state index contributed by atoms with van der Waals surface area (Å²) in [6.07, 6.45) is 0. The molecule has 2 rings (SSSR count). The van der Waals surface area contributed by atoms with E-state index in [1.165, 1.54) is 6.92 Å². The molecule has 0 saturated heterocycles. The summed E-state index contributed by atoms with van der Waals surface area (Å²) in [6, 6.07) is 13.3. The van der Waals surface area contributed by atoms with Crippen LogP contribution in [0, 0.1) is 6.92 Å². The van der Waals surface area contributed by atoms with E-state index in [0.717, 1.165) is 5.56 Å². The van der Waals surface area contributed by atoms with Gasteiger partial charge in [-0.25, -0.2) is 0 Å². The Kier molecular flexibility index (Phi) is 6.40. The van der Waals surface area contributed by atoms with E-state index in [4.69, 9.17) is 12.2 Å². The first kappa shape index (κ1) is 19.1. The quantitative estimate of drug-likeness (QED) is 0.489. The highest BCUT2D eigenvalue weighted by molar-refractivity contribution is 7.80. The average molecular weight is 370 g/mol. The molecule has 4 N–H and O–H groups in total. The Morgan fingerprint density at radius 3 is 1.92 bits per heavy atom. The second-order valence-electron chi connectivity index (χ2n) is 5.49. The van der Waals surface area contributed by atoms with Crippen molar-refractivity contribution < 1.29 is 14.4 Å². The van der Waals surface area contributed by atoms with Crippen molar-refractivity contribution in [3.63, 3.8) is 0 Å². The van der Waals surface area contributed by atoms with Gasteiger partial charge in [-0.2, -0.15) is 0 Å². The molecule has 0 unspecified atom stereocenters. The van der Waals surface area contributed by atoms with Crippen molar-refractivity contribution in [2.24, 2.45) is 0 Å². The number of aryl methyl sites for hydroxylation is 1. The van der Waals surface area contributed by atoms with E-state index in [0.29, 0.717) is 16.8 Å². The molecule has 0 spiro atoms. The van der Waals surface area contributed by atoms with Crippen molar-refractivity contribution in [2.45, 2.75) is 13.8 Å². The van der Waals surface area contributed by atoms with E-state index < -0.39 is 5.91 Å². The van der Waals surface area contributed by atoms with Crippen LogP contribution >= 0.6 is 12.2 Å². The van der Waals surface area contributed by atoms with Crippen LogP contribution in [0.1, 0.15) is 33.2 Å². The molecule has 0 fully saturated rings. The molecular formula is C18H18N4O3S. The van der Waals surface area contributed by atoms with E-state index in [2.05, 4.69) is 21.5 Å². The van der Waals surface area contributed by atoms with Gasteiger partial charge in [0.25, 0.3) is 11.8 Å². The molecule has 0 aliphatic heterocycles. The highest BCUT2D eigenvalue weighted by Gasteiger charge is 2.09. The summed E-state index contributed by atoms with van der Waals surface area (Å²) in [5, 5.41) is 5.05. The standard InChI is InChI=1S/C18H18N4O3S/c1-11-3-5-13(6-4-11)16(24)20-18(26)22-21-17(25)14-7-9-15(10-8-14)19-12(2)23/h3-10H,1-2H3,(H,19,23)(H,21,25)(H2,20,22,24,26). The number of nitrogens with one attached hydrogen (secondary N) is 4. The van der Waals surface area contributed by atoms with Crippen LogP contribution in [-0.4, -0.2) is 22.8 Å². The van der Waals surface area contributed by atoms with Gasteiger partial charge < -0.3 is 5.32 Å². The van der Waals surface area contributed by atoms with Crippen molar-refractivity contribution in [2.75, 3.05) is 5.32 Å². The van der Waals surface area contributed by atoms with Crippen molar-refractivity contribution in [1.82, 2.24) is 16.2 Å². The number of hydrogen-bond acceptors (Lipinski definition) is 4. The van der Waals surface area contributed by atoms with Crippen molar-refractivity contribution in [1.29, 1.82) is 0 Å². The third-order valence-electron chi connectivity index (χ3n) is 3.30. The predicted molar refractivity (Wildman–Crippen MR) is 103 cm³/mol. The lowest BCUT2D eigenvalue weighted by Crippen LogP contribution is -2.48. The van der Waals surface area contributed by atoms with E-state index >= 15 is 0 Å². The number of hydrazine groups is 1. The maximum atomic E-state index is 12.0. The fourth-order valence-electron chi connectivity index (χ4n) is 2.01. The molecule has 0 saturated carbocycles. The number of benzene rings is 2. The predicted octanol–water partition coefficient (Wildman–Crippen LogP) is 1.90. The van der Waals surface area contributed by atoms with Crippen LogP contribution in [0.5, 0.6) is 0 Å². The summed E-state index contributed by atoms with van der Waals surface area (Å²) >= 11 is 4.99. The number of carbonyl (C=O) groups is 3. The lowest BCUT2D eigenvalue weighted by molar-refractivity contribution is -0.114. The van der Waals surface area contributed by atoms with Gasteiger partial charge in [-0.3, -0.25) is 30.6 Å². The van der Waals surface area contributed by atoms with Crippen LogP contribution < -0.4 is 21.5 Å². The Labute approximate surface area is 156 Å². The molecule has 0 heterocycles. The molecule has 0 bridgehead atoms. The third kappa shape index (κ3) is 5.67. The zero-order valence-electron chi connectivity index (χ0n) is 14.3. The average Bonchev–Trinajstić information content (AvgIpc) is 2.60. The first-order valence-electron chi connectivity index (χ1n) is 7.71. The van der Waals surface area contributed by atoms with Gasteiger partial charge >= 0.3 is 0 Å². The van der Waals surface area contributed by atoms with Gasteiger partial charge in [0.1, 0.15) is 0 Å². The van der Waals surface area contributed by atoms with E-state index in [9.17, 15) is 14.4 Å². The number of hydrogen-bond donors (Lipinski definition) is 4. The van der Waals surface area contributed by atoms with E-state index in [1.54, 1.807) is 36.4 Å². The first-order valence-corrected chi connectivity index (χ1v) is 8.12. The molecule has 0 aliphatic carbocycles. The molecule has 2 aromatic rings. The molecule has 8 heteroatoms. The first-order chi connectivity index (χ1) is 12.3. The minimum atomic E-state index is -0.439. The van der Waals surface area contributed by atoms with Gasteiger partial charge in [-0.15, -0.1) is 0 Å². The highest BCUT2D eigenvalue weighted by atomic mass is 32.1. The number of rotatable bonds is 3. The minimum absolute atomic E-state index is 0.0289. The Morgan fingerprint density at radius 2 is 1.35 bits per heavy atom. The van der Waals surface area contributed by atoms with Crippen LogP contribution in [0.15, 0.2) is 48.5 Å². The summed E-state index contributed by atoms with van der Waals surface area (Å²) in [7, 11) is 0. The third-order valence-corrected chi connectivity index (χ3v) is 3.50. The second-order valence-corrected chi connectivity index (χ2v) is 5.90. The maximum absolute atomic E-state index is 12.0. The topological polar surface area (TPSA) is 99.3 Å². The van der Waals surface area contributed by atoms with Gasteiger partial charge in [0.05, 0.1) is 0 Å². The molecule has 26 heavy (non-hydrogen) atoms. The zero-order valence-corrected chi connectivity index (χ0v) is 15.1. The molecule has 0 radical (unpaired) electrons. The molecule has 134 valence electrons. The smallest absolute Gasteiger partial charge is 0.269 e. The summed E-state index contributed by atoms with van der Waals surface area (Å²) in [6.45, 7) is 3.32. The van der Waals surface area contributed by atoms with Crippen LogP contribution in [0.3, 0.4) is 0 Å². The van der Waals surface area contributed by atoms with Crippen molar-refractivity contribution in [3.05, 3.63) is 65.2 Å². The van der Waals surface area contributed by atoms with Crippen molar-refractivity contribution in [3.8, 4) is 0 Å². The largest absolute Gasteiger partial charge is 0.326 e. The van der Waals surface area contributed by atoms with Crippen LogP contribution in [-0.2, 0) is 4.79 Å². The fraction of sp³-hybridized carbons (Fsp3) is 0.111. The minimum Gasteiger partial charge on any atom is -0.326 e. The summed E-state index contributed by atoms with van der Waals surface area (Å²) < 4.78 is 0. The van der Waals surface area contributed by atoms with Gasteiger partial charge in [0.15, 0.2) is 5.11 Å². The SMILES string of the molecule is CC(=O)Nc1ccc(C(=O)NNC(=S)NC(=O)c2ccc(C)cc2)cc1. The molecule has 7 nitrogen and oxygen atoms in total. The van der Waals surface area contributed by atoms with Crippen LogP contribution in [0.4, 0.5) is 5.69 Å². The Morgan fingerprint density at radius 1 is 0.808 bits per heavy atom. The van der Waals surface area contributed by atoms with Crippen LogP contribution in [0.2, 0.25) is 0 Å². The van der Waals surface area contributed by atoms with Gasteiger partial charge in [0, 0.05) is 23.7 Å². The second kappa shape index (κ2) is 8.72. The molecule has 0 atom stereocenters. The fourth-order valence-corrected chi connectivity index (χ4v) is 2.15. The number of carbonyl (C=O) groups excluding carboxylic acids is 3.